The molecule has 0 N–H and O–H groups in total. The molecule has 0 aliphatic carbocycles. The average Bonchev–Trinajstić information content (AvgIpc) is 2.37. The van der Waals surface area contributed by atoms with Gasteiger partial charge in [0, 0.05) is 0 Å². The van der Waals surface area contributed by atoms with Gasteiger partial charge in [0.1, 0.15) is 0 Å². The lowest BCUT2D eigenvalue weighted by molar-refractivity contribution is -0.434. The second kappa shape index (κ2) is 7.50. The molecule has 1 nitrogen and oxygen atoms in total. The molecule has 0 spiro atoms. The Bertz CT molecular complexity index is 303. The van der Waals surface area contributed by atoms with Gasteiger partial charge in [-0.1, -0.05) is 6.92 Å². The van der Waals surface area contributed by atoms with E-state index in [1.54, 1.807) is 0 Å². The van der Waals surface area contributed by atoms with Gasteiger partial charge >= 0.3 is 23.9 Å². The monoisotopic (exact) mass is 340 g/mol. The van der Waals surface area contributed by atoms with Gasteiger partial charge in [-0.05, 0) is 13.3 Å². The van der Waals surface area contributed by atoms with Gasteiger partial charge in [-0.25, -0.2) is 8.78 Å². The summed E-state index contributed by atoms with van der Waals surface area (Å²) in [5, 5.41) is 0. The molecule has 0 aliphatic heterocycles. The lowest BCUT2D eigenvalue weighted by Gasteiger charge is -2.39. The molecule has 0 aliphatic rings. The summed E-state index contributed by atoms with van der Waals surface area (Å²) in [5.41, 5.74) is -6.45. The van der Waals surface area contributed by atoms with Gasteiger partial charge < -0.3 is 4.74 Å². The van der Waals surface area contributed by atoms with Crippen LogP contribution >= 0.6 is 0 Å². The highest BCUT2D eigenvalue weighted by Gasteiger charge is 2.84. The Morgan fingerprint density at radius 2 is 1.29 bits per heavy atom. The normalized spacial score (nSPS) is 17.6. The van der Waals surface area contributed by atoms with Crippen LogP contribution in [0.3, 0.4) is 0 Å². The Kier molecular flexibility index (Phi) is 8.05. The number of alkyl halides is 10. The number of hydrogen-bond donors (Lipinski definition) is 0. The molecule has 0 heterocycles. The Hall–Kier alpha value is -0.740. The molecule has 2 atom stereocenters. The third-order valence-electron chi connectivity index (χ3n) is 2.39. The lowest BCUT2D eigenvalue weighted by Crippen LogP contribution is -2.68. The predicted molar refractivity (Wildman–Crippen MR) is 53.6 cm³/mol. The van der Waals surface area contributed by atoms with Crippen molar-refractivity contribution in [3.05, 3.63) is 0 Å². The fourth-order valence-corrected chi connectivity index (χ4v) is 1.09. The predicted octanol–water partition coefficient (Wildman–Crippen LogP) is 4.86. The zero-order chi connectivity index (χ0) is 17.7. The quantitative estimate of drug-likeness (QED) is 0.628. The number of rotatable bonds is 6. The fourth-order valence-electron chi connectivity index (χ4n) is 1.09. The molecule has 11 heteroatoms. The molecular weight excluding hydrogens is 326 g/mol. The van der Waals surface area contributed by atoms with E-state index < -0.39 is 36.7 Å². The Morgan fingerprint density at radius 1 is 0.905 bits per heavy atom. The van der Waals surface area contributed by atoms with Gasteiger partial charge in [-0.15, -0.1) is 0 Å². The Labute approximate surface area is 114 Å². The summed E-state index contributed by atoms with van der Waals surface area (Å²) < 4.78 is 127. The minimum atomic E-state index is -6.72. The van der Waals surface area contributed by atoms with E-state index in [-0.39, 0.29) is 6.42 Å². The summed E-state index contributed by atoms with van der Waals surface area (Å²) in [4.78, 5) is 0. The van der Waals surface area contributed by atoms with Gasteiger partial charge in [0.25, 0.3) is 0 Å². The molecule has 0 radical (unpaired) electrons. The van der Waals surface area contributed by atoms with Crippen LogP contribution in [0.2, 0.25) is 0 Å². The van der Waals surface area contributed by atoms with Crippen LogP contribution in [0, 0.1) is 0 Å². The standard InChI is InChI=1S/C9H11F9O.CH3F/c1-3-5(2)19-9(17,18)7(13,8(14,15)16)6(11,12)4-10;1-2/h5H,3-4H2,1-2H3;1H3. The van der Waals surface area contributed by atoms with E-state index >= 15 is 0 Å². The maximum absolute atomic E-state index is 13.4. The molecule has 0 saturated heterocycles. The van der Waals surface area contributed by atoms with Gasteiger partial charge in [-0.3, -0.25) is 4.39 Å². The maximum Gasteiger partial charge on any atom is 0.437 e. The van der Waals surface area contributed by atoms with Gasteiger partial charge in [-0.2, -0.15) is 30.7 Å². The summed E-state index contributed by atoms with van der Waals surface area (Å²) in [6.07, 6.45) is -14.6. The molecule has 2 unspecified atom stereocenters. The summed E-state index contributed by atoms with van der Waals surface area (Å²) in [6.45, 7) is -1.22. The van der Waals surface area contributed by atoms with Crippen LogP contribution in [-0.4, -0.2) is 43.8 Å². The Balaban J connectivity index is 0. The van der Waals surface area contributed by atoms with Crippen molar-refractivity contribution in [2.75, 3.05) is 13.9 Å². The third-order valence-corrected chi connectivity index (χ3v) is 2.39. The SMILES string of the molecule is CCC(C)OC(F)(F)C(F)(C(F)(F)F)C(F)(F)CF.CF. The molecule has 0 aromatic carbocycles. The largest absolute Gasteiger partial charge is 0.437 e. The topological polar surface area (TPSA) is 9.23 Å². The van der Waals surface area contributed by atoms with Crippen molar-refractivity contribution in [2.24, 2.45) is 0 Å². The molecule has 0 bridgehead atoms. The van der Waals surface area contributed by atoms with E-state index in [9.17, 15) is 43.9 Å². The van der Waals surface area contributed by atoms with Crippen molar-refractivity contribution >= 4 is 0 Å². The van der Waals surface area contributed by atoms with Crippen LogP contribution in [0.5, 0.6) is 0 Å². The van der Waals surface area contributed by atoms with Crippen molar-refractivity contribution in [1.82, 2.24) is 0 Å². The smallest absolute Gasteiger partial charge is 0.314 e. The summed E-state index contributed by atoms with van der Waals surface area (Å²) in [5.74, 6) is -5.98. The molecular formula is C10H14F10O. The first-order valence-electron chi connectivity index (χ1n) is 5.39. The van der Waals surface area contributed by atoms with Crippen molar-refractivity contribution in [1.29, 1.82) is 0 Å². The fraction of sp³-hybridized carbons (Fsp3) is 1.00. The molecule has 0 fully saturated rings. The van der Waals surface area contributed by atoms with Gasteiger partial charge in [0.15, 0.2) is 6.67 Å². The molecule has 21 heavy (non-hydrogen) atoms. The third kappa shape index (κ3) is 4.36. The first kappa shape index (κ1) is 22.5. The van der Waals surface area contributed by atoms with Crippen LogP contribution in [0.15, 0.2) is 0 Å². The van der Waals surface area contributed by atoms with Crippen LogP contribution in [0.1, 0.15) is 20.3 Å². The average molecular weight is 340 g/mol. The zero-order valence-corrected chi connectivity index (χ0v) is 11.2. The van der Waals surface area contributed by atoms with Gasteiger partial charge in [0.2, 0.25) is 0 Å². The first-order valence-corrected chi connectivity index (χ1v) is 5.39. The van der Waals surface area contributed by atoms with E-state index in [1.807, 2.05) is 0 Å². The minimum Gasteiger partial charge on any atom is -0.314 e. The number of halogens is 10. The molecule has 0 aromatic rings. The molecule has 0 aromatic heterocycles. The first-order chi connectivity index (χ1) is 9.27. The van der Waals surface area contributed by atoms with E-state index in [0.29, 0.717) is 7.18 Å². The van der Waals surface area contributed by atoms with Gasteiger partial charge in [0.05, 0.1) is 13.3 Å². The lowest BCUT2D eigenvalue weighted by atomic mass is 9.95. The van der Waals surface area contributed by atoms with E-state index in [2.05, 4.69) is 4.74 Å². The molecule has 0 amide bonds. The van der Waals surface area contributed by atoms with Crippen molar-refractivity contribution in [3.8, 4) is 0 Å². The number of hydrogen-bond acceptors (Lipinski definition) is 1. The van der Waals surface area contributed by atoms with Crippen LogP contribution in [-0.2, 0) is 4.74 Å². The van der Waals surface area contributed by atoms with Crippen LogP contribution in [0.25, 0.3) is 0 Å². The second-order valence-corrected chi connectivity index (χ2v) is 3.85. The summed E-state index contributed by atoms with van der Waals surface area (Å²) in [7, 11) is 0.500. The Morgan fingerprint density at radius 3 is 1.52 bits per heavy atom. The number of ether oxygens (including phenoxy) is 1. The van der Waals surface area contributed by atoms with Crippen LogP contribution in [0.4, 0.5) is 43.9 Å². The zero-order valence-electron chi connectivity index (χ0n) is 11.2. The van der Waals surface area contributed by atoms with E-state index in [4.69, 9.17) is 0 Å². The maximum atomic E-state index is 13.4. The highest BCUT2D eigenvalue weighted by molar-refractivity contribution is 5.06. The van der Waals surface area contributed by atoms with Crippen molar-refractivity contribution in [3.63, 3.8) is 0 Å². The highest BCUT2D eigenvalue weighted by Crippen LogP contribution is 2.54. The minimum absolute atomic E-state index is 0.287. The second-order valence-electron chi connectivity index (χ2n) is 3.85. The summed E-state index contributed by atoms with van der Waals surface area (Å²) >= 11 is 0. The molecule has 130 valence electrons. The molecule has 0 saturated carbocycles. The highest BCUT2D eigenvalue weighted by atomic mass is 19.4. The van der Waals surface area contributed by atoms with Crippen LogP contribution < -0.4 is 0 Å². The molecule has 0 rings (SSSR count). The summed E-state index contributed by atoms with van der Waals surface area (Å²) in [6, 6.07) is 0. The van der Waals surface area contributed by atoms with E-state index in [1.165, 1.54) is 6.92 Å². The van der Waals surface area contributed by atoms with E-state index in [0.717, 1.165) is 6.92 Å². The van der Waals surface area contributed by atoms with Crippen molar-refractivity contribution in [2.45, 2.75) is 50.2 Å². The van der Waals surface area contributed by atoms with Crippen molar-refractivity contribution < 1.29 is 48.6 Å².